The summed E-state index contributed by atoms with van der Waals surface area (Å²) in [4.78, 5) is 0. The molecule has 0 nitrogen and oxygen atoms in total. The van der Waals surface area contributed by atoms with Gasteiger partial charge in [0.05, 0.1) is 5.38 Å². The molecule has 0 aliphatic carbocycles. The first kappa shape index (κ1) is 12.5. The smallest absolute Gasteiger partial charge is 0.0849 e. The summed E-state index contributed by atoms with van der Waals surface area (Å²) in [7, 11) is 0. The lowest BCUT2D eigenvalue weighted by molar-refractivity contribution is 1.17. The van der Waals surface area contributed by atoms with Gasteiger partial charge in [-0.05, 0) is 62.7 Å². The maximum absolute atomic E-state index is 6.61. The van der Waals surface area contributed by atoms with Crippen molar-refractivity contribution in [1.82, 2.24) is 0 Å². The second-order valence-corrected chi connectivity index (χ2v) is 6.69. The summed E-state index contributed by atoms with van der Waals surface area (Å²) in [6, 6.07) is 16.8. The molecule has 90 valence electrons. The Morgan fingerprint density at radius 3 is 2.50 bits per heavy atom. The molecule has 0 aliphatic rings. The van der Waals surface area contributed by atoms with E-state index in [9.17, 15) is 0 Å². The Kier molecular flexibility index (Phi) is 3.59. The fourth-order valence-electron chi connectivity index (χ4n) is 2.01. The zero-order chi connectivity index (χ0) is 12.5. The van der Waals surface area contributed by atoms with Crippen LogP contribution in [0, 0.1) is 3.57 Å². The van der Waals surface area contributed by atoms with Crippen LogP contribution < -0.4 is 0 Å². The van der Waals surface area contributed by atoms with Crippen LogP contribution in [0.3, 0.4) is 0 Å². The molecule has 3 heteroatoms. The van der Waals surface area contributed by atoms with Crippen LogP contribution in [0.1, 0.15) is 16.5 Å². The first-order valence-corrected chi connectivity index (χ1v) is 8.01. The maximum Gasteiger partial charge on any atom is 0.0849 e. The zero-order valence-electron chi connectivity index (χ0n) is 9.44. The normalized spacial score (nSPS) is 12.8. The van der Waals surface area contributed by atoms with Crippen molar-refractivity contribution in [2.45, 2.75) is 5.38 Å². The Bertz CT molecular complexity index is 672. The molecule has 0 radical (unpaired) electrons. The van der Waals surface area contributed by atoms with Gasteiger partial charge in [0, 0.05) is 8.27 Å². The minimum absolute atomic E-state index is 0.0712. The number of hydrogen-bond donors (Lipinski definition) is 0. The number of benzene rings is 2. The van der Waals surface area contributed by atoms with Gasteiger partial charge < -0.3 is 0 Å². The van der Waals surface area contributed by atoms with E-state index in [2.05, 4.69) is 76.5 Å². The van der Waals surface area contributed by atoms with E-state index in [1.807, 2.05) is 0 Å². The fourth-order valence-corrected chi connectivity index (χ4v) is 3.75. The van der Waals surface area contributed by atoms with Gasteiger partial charge in [-0.3, -0.25) is 0 Å². The van der Waals surface area contributed by atoms with Crippen LogP contribution >= 0.6 is 45.5 Å². The van der Waals surface area contributed by atoms with E-state index in [1.165, 1.54) is 19.2 Å². The number of hydrogen-bond acceptors (Lipinski definition) is 1. The van der Waals surface area contributed by atoms with Crippen LogP contribution in [-0.2, 0) is 0 Å². The molecule has 0 amide bonds. The van der Waals surface area contributed by atoms with Crippen molar-refractivity contribution in [2.75, 3.05) is 0 Å². The summed E-state index contributed by atoms with van der Waals surface area (Å²) in [5.74, 6) is 0. The molecule has 0 saturated heterocycles. The van der Waals surface area contributed by atoms with Gasteiger partial charge in [0.2, 0.25) is 0 Å². The van der Waals surface area contributed by atoms with Gasteiger partial charge in [-0.25, -0.2) is 0 Å². The molecule has 3 rings (SSSR count). The Morgan fingerprint density at radius 1 is 1.00 bits per heavy atom. The third kappa shape index (κ3) is 2.29. The van der Waals surface area contributed by atoms with Crippen LogP contribution in [0.25, 0.3) is 10.1 Å². The van der Waals surface area contributed by atoms with Crippen LogP contribution in [0.4, 0.5) is 0 Å². The quantitative estimate of drug-likeness (QED) is 0.385. The number of alkyl halides is 1. The molecule has 0 spiro atoms. The molecule has 18 heavy (non-hydrogen) atoms. The number of thiophene rings is 1. The molecule has 0 saturated carbocycles. The number of rotatable bonds is 2. The average molecular weight is 385 g/mol. The Morgan fingerprint density at radius 2 is 1.72 bits per heavy atom. The van der Waals surface area contributed by atoms with Crippen LogP contribution in [0.15, 0.2) is 53.9 Å². The third-order valence-corrected chi connectivity index (χ3v) is 5.13. The molecule has 1 aromatic heterocycles. The van der Waals surface area contributed by atoms with Gasteiger partial charge in [-0.15, -0.1) is 22.9 Å². The largest absolute Gasteiger partial charge is 0.143 e. The molecule has 0 fully saturated rings. The highest BCUT2D eigenvalue weighted by atomic mass is 127. The van der Waals surface area contributed by atoms with Crippen molar-refractivity contribution in [1.29, 1.82) is 0 Å². The van der Waals surface area contributed by atoms with E-state index >= 15 is 0 Å². The number of halogens is 2. The van der Waals surface area contributed by atoms with E-state index < -0.39 is 0 Å². The number of fused-ring (bicyclic) bond motifs is 1. The molecular weight excluding hydrogens is 375 g/mol. The summed E-state index contributed by atoms with van der Waals surface area (Å²) in [6.45, 7) is 0. The first-order valence-electron chi connectivity index (χ1n) is 5.61. The zero-order valence-corrected chi connectivity index (χ0v) is 13.2. The van der Waals surface area contributed by atoms with Gasteiger partial charge in [0.15, 0.2) is 0 Å². The Hall–Kier alpha value is -0.580. The summed E-state index contributed by atoms with van der Waals surface area (Å²) in [5, 5.41) is 3.36. The molecule has 0 aliphatic heterocycles. The van der Waals surface area contributed by atoms with Crippen LogP contribution in [0.5, 0.6) is 0 Å². The van der Waals surface area contributed by atoms with Crippen molar-refractivity contribution in [3.05, 3.63) is 68.6 Å². The highest BCUT2D eigenvalue weighted by Gasteiger charge is 2.14. The first-order chi connectivity index (χ1) is 8.75. The van der Waals surface area contributed by atoms with Gasteiger partial charge >= 0.3 is 0 Å². The van der Waals surface area contributed by atoms with Crippen molar-refractivity contribution in [3.63, 3.8) is 0 Å². The minimum Gasteiger partial charge on any atom is -0.143 e. The lowest BCUT2D eigenvalue weighted by Gasteiger charge is -2.09. The van der Waals surface area contributed by atoms with Gasteiger partial charge in [0.25, 0.3) is 0 Å². The predicted molar refractivity (Wildman–Crippen MR) is 88.7 cm³/mol. The Balaban J connectivity index is 2.06. The SMILES string of the molecule is ClC(c1ccc(I)cc1)c1csc2ccccc12. The summed E-state index contributed by atoms with van der Waals surface area (Å²) >= 11 is 10.7. The third-order valence-electron chi connectivity index (χ3n) is 2.95. The van der Waals surface area contributed by atoms with Gasteiger partial charge in [0.1, 0.15) is 0 Å². The molecule has 0 bridgehead atoms. The van der Waals surface area contributed by atoms with E-state index in [-0.39, 0.29) is 5.38 Å². The molecule has 1 heterocycles. The topological polar surface area (TPSA) is 0 Å². The highest BCUT2D eigenvalue weighted by Crippen LogP contribution is 2.37. The van der Waals surface area contributed by atoms with Crippen molar-refractivity contribution >= 4 is 55.6 Å². The van der Waals surface area contributed by atoms with Gasteiger partial charge in [-0.2, -0.15) is 0 Å². The molecule has 1 atom stereocenters. The summed E-state index contributed by atoms with van der Waals surface area (Å²) in [6.07, 6.45) is 0. The average Bonchev–Trinajstić information content (AvgIpc) is 2.82. The lowest BCUT2D eigenvalue weighted by Crippen LogP contribution is -1.91. The molecular formula is C15H10ClIS. The van der Waals surface area contributed by atoms with Crippen molar-refractivity contribution in [2.24, 2.45) is 0 Å². The Labute approximate surface area is 129 Å². The van der Waals surface area contributed by atoms with Crippen molar-refractivity contribution < 1.29 is 0 Å². The second kappa shape index (κ2) is 5.19. The van der Waals surface area contributed by atoms with E-state index in [4.69, 9.17) is 11.6 Å². The summed E-state index contributed by atoms with van der Waals surface area (Å²) < 4.78 is 2.53. The van der Waals surface area contributed by atoms with Crippen LogP contribution in [0.2, 0.25) is 0 Å². The minimum atomic E-state index is -0.0712. The van der Waals surface area contributed by atoms with E-state index in [0.717, 1.165) is 5.56 Å². The second-order valence-electron chi connectivity index (χ2n) is 4.10. The highest BCUT2D eigenvalue weighted by molar-refractivity contribution is 14.1. The van der Waals surface area contributed by atoms with Crippen molar-refractivity contribution in [3.8, 4) is 0 Å². The van der Waals surface area contributed by atoms with Crippen LogP contribution in [-0.4, -0.2) is 0 Å². The lowest BCUT2D eigenvalue weighted by atomic mass is 10.0. The van der Waals surface area contributed by atoms with E-state index in [1.54, 1.807) is 11.3 Å². The molecule has 0 N–H and O–H groups in total. The molecule has 2 aromatic carbocycles. The fraction of sp³-hybridized carbons (Fsp3) is 0.0667. The maximum atomic E-state index is 6.61. The van der Waals surface area contributed by atoms with E-state index in [0.29, 0.717) is 0 Å². The van der Waals surface area contributed by atoms with Gasteiger partial charge in [-0.1, -0.05) is 30.3 Å². The molecule has 1 unspecified atom stereocenters. The molecule has 3 aromatic rings. The monoisotopic (exact) mass is 384 g/mol. The predicted octanol–water partition coefficient (Wildman–Crippen LogP) is 5.83. The summed E-state index contributed by atoms with van der Waals surface area (Å²) in [5.41, 5.74) is 2.36. The standard InChI is InChI=1S/C15H10ClIS/c16-15(10-5-7-11(17)8-6-10)13-9-18-14-4-2-1-3-12(13)14/h1-9,15H.